The number of imidazole rings is 1. The molecule has 1 aliphatic carbocycles. The molecule has 102 valence electrons. The van der Waals surface area contributed by atoms with Crippen LogP contribution in [0.1, 0.15) is 50.5 Å². The minimum atomic E-state index is 0.439. The fourth-order valence-corrected chi connectivity index (χ4v) is 3.62. The molecule has 0 amide bonds. The Bertz CT molecular complexity index is 612. The number of alkyl halides is 1. The van der Waals surface area contributed by atoms with Gasteiger partial charge in [0.1, 0.15) is 5.82 Å². The number of hydrogen-bond donors (Lipinski definition) is 0. The van der Waals surface area contributed by atoms with Crippen molar-refractivity contribution in [3.05, 3.63) is 29.6 Å². The summed E-state index contributed by atoms with van der Waals surface area (Å²) >= 11 is 6.12. The number of aryl methyl sites for hydroxylation is 1. The first kappa shape index (κ1) is 13.0. The maximum Gasteiger partial charge on any atom is 0.125 e. The van der Waals surface area contributed by atoms with Gasteiger partial charge in [0.05, 0.1) is 16.9 Å². The van der Waals surface area contributed by atoms with E-state index in [9.17, 15) is 0 Å². The molecule has 1 heterocycles. The van der Waals surface area contributed by atoms with E-state index in [2.05, 4.69) is 43.5 Å². The molecule has 1 aromatic heterocycles. The molecule has 2 aromatic rings. The van der Waals surface area contributed by atoms with Gasteiger partial charge in [-0.2, -0.15) is 0 Å². The predicted octanol–water partition coefficient (Wildman–Crippen LogP) is 4.83. The largest absolute Gasteiger partial charge is 0.324 e. The summed E-state index contributed by atoms with van der Waals surface area (Å²) in [4.78, 5) is 4.75. The van der Waals surface area contributed by atoms with Crippen molar-refractivity contribution in [3.63, 3.8) is 0 Å². The van der Waals surface area contributed by atoms with Crippen molar-refractivity contribution in [1.29, 1.82) is 0 Å². The highest BCUT2D eigenvalue weighted by atomic mass is 35.5. The van der Waals surface area contributed by atoms with E-state index in [-0.39, 0.29) is 0 Å². The van der Waals surface area contributed by atoms with Gasteiger partial charge in [-0.25, -0.2) is 4.98 Å². The van der Waals surface area contributed by atoms with Crippen molar-refractivity contribution in [2.45, 2.75) is 52.0 Å². The topological polar surface area (TPSA) is 17.8 Å². The summed E-state index contributed by atoms with van der Waals surface area (Å²) < 4.78 is 2.39. The summed E-state index contributed by atoms with van der Waals surface area (Å²) in [5.74, 6) is 1.51. The Balaban J connectivity index is 2.14. The van der Waals surface area contributed by atoms with E-state index in [1.807, 2.05) is 0 Å². The molecular formula is C16H21ClN2. The third-order valence-corrected chi connectivity index (χ3v) is 4.66. The molecule has 1 aromatic carbocycles. The molecule has 19 heavy (non-hydrogen) atoms. The van der Waals surface area contributed by atoms with Gasteiger partial charge >= 0.3 is 0 Å². The second-order valence-corrected chi connectivity index (χ2v) is 6.80. The van der Waals surface area contributed by atoms with Crippen LogP contribution in [0.3, 0.4) is 0 Å². The van der Waals surface area contributed by atoms with Crippen LogP contribution in [0.4, 0.5) is 0 Å². The summed E-state index contributed by atoms with van der Waals surface area (Å²) in [5, 5.41) is 0. The molecule has 2 nitrogen and oxygen atoms in total. The van der Waals surface area contributed by atoms with Crippen LogP contribution in [0.15, 0.2) is 18.2 Å². The third-order valence-electron chi connectivity index (χ3n) is 4.42. The minimum absolute atomic E-state index is 0.439. The van der Waals surface area contributed by atoms with Gasteiger partial charge in [0, 0.05) is 6.04 Å². The maximum absolute atomic E-state index is 6.12. The summed E-state index contributed by atoms with van der Waals surface area (Å²) in [5.41, 5.74) is 4.04. The lowest BCUT2D eigenvalue weighted by Gasteiger charge is -2.19. The van der Waals surface area contributed by atoms with Crippen LogP contribution in [0.2, 0.25) is 0 Å². The number of rotatable bonds is 2. The van der Waals surface area contributed by atoms with E-state index in [1.54, 1.807) is 0 Å². The Labute approximate surface area is 119 Å². The van der Waals surface area contributed by atoms with Gasteiger partial charge in [-0.1, -0.05) is 26.0 Å². The molecule has 0 bridgehead atoms. The monoisotopic (exact) mass is 276 g/mol. The number of fused-ring (bicyclic) bond motifs is 1. The highest BCUT2D eigenvalue weighted by Gasteiger charge is 2.33. The maximum atomic E-state index is 6.12. The van der Waals surface area contributed by atoms with Crippen molar-refractivity contribution in [2.24, 2.45) is 5.41 Å². The fourth-order valence-electron chi connectivity index (χ4n) is 3.43. The minimum Gasteiger partial charge on any atom is -0.324 e. The Morgan fingerprint density at radius 2 is 2.21 bits per heavy atom. The van der Waals surface area contributed by atoms with E-state index in [0.717, 1.165) is 11.3 Å². The third kappa shape index (κ3) is 2.16. The SMILES string of the molecule is Cc1cccc2c1nc(CCl)n2C1CCC(C)(C)C1. The molecule has 1 fully saturated rings. The lowest BCUT2D eigenvalue weighted by atomic mass is 9.92. The molecular weight excluding hydrogens is 256 g/mol. The number of benzene rings is 1. The van der Waals surface area contributed by atoms with E-state index in [1.165, 1.54) is 30.3 Å². The quantitative estimate of drug-likeness (QED) is 0.718. The lowest BCUT2D eigenvalue weighted by Crippen LogP contribution is -2.11. The van der Waals surface area contributed by atoms with Crippen molar-refractivity contribution in [3.8, 4) is 0 Å². The molecule has 3 heteroatoms. The van der Waals surface area contributed by atoms with Gasteiger partial charge in [0.15, 0.2) is 0 Å². The van der Waals surface area contributed by atoms with Gasteiger partial charge in [-0.05, 0) is 43.2 Å². The fraction of sp³-hybridized carbons (Fsp3) is 0.562. The number of para-hydroxylation sites is 1. The predicted molar refractivity (Wildman–Crippen MR) is 80.7 cm³/mol. The summed E-state index contributed by atoms with van der Waals surface area (Å²) in [6.07, 6.45) is 3.73. The standard InChI is InChI=1S/C16H21ClN2/c1-11-5-4-6-13-15(11)18-14(10-17)19(13)12-7-8-16(2,3)9-12/h4-6,12H,7-10H2,1-3H3. The molecule has 1 atom stereocenters. The van der Waals surface area contributed by atoms with Crippen molar-refractivity contribution in [1.82, 2.24) is 9.55 Å². The Hall–Kier alpha value is -1.02. The van der Waals surface area contributed by atoms with Crippen LogP contribution in [0.25, 0.3) is 11.0 Å². The summed E-state index contributed by atoms with van der Waals surface area (Å²) in [6.45, 7) is 6.84. The van der Waals surface area contributed by atoms with Gasteiger partial charge < -0.3 is 4.57 Å². The second-order valence-electron chi connectivity index (χ2n) is 6.54. The average molecular weight is 277 g/mol. The highest BCUT2D eigenvalue weighted by Crippen LogP contribution is 2.45. The molecule has 1 saturated carbocycles. The molecule has 1 aliphatic rings. The Kier molecular flexibility index (Phi) is 3.09. The van der Waals surface area contributed by atoms with Crippen molar-refractivity contribution >= 4 is 22.6 Å². The van der Waals surface area contributed by atoms with E-state index in [4.69, 9.17) is 16.6 Å². The summed E-state index contributed by atoms with van der Waals surface area (Å²) in [6, 6.07) is 6.97. The number of halogens is 1. The normalized spacial score (nSPS) is 22.2. The van der Waals surface area contributed by atoms with Crippen LogP contribution < -0.4 is 0 Å². The van der Waals surface area contributed by atoms with Gasteiger partial charge in [0.25, 0.3) is 0 Å². The summed E-state index contributed by atoms with van der Waals surface area (Å²) in [7, 11) is 0. The Morgan fingerprint density at radius 3 is 2.84 bits per heavy atom. The molecule has 1 unspecified atom stereocenters. The molecule has 0 spiro atoms. The highest BCUT2D eigenvalue weighted by molar-refractivity contribution is 6.16. The smallest absolute Gasteiger partial charge is 0.125 e. The zero-order valence-electron chi connectivity index (χ0n) is 11.9. The number of hydrogen-bond acceptors (Lipinski definition) is 1. The number of nitrogens with zero attached hydrogens (tertiary/aromatic N) is 2. The number of aromatic nitrogens is 2. The first-order valence-electron chi connectivity index (χ1n) is 7.04. The van der Waals surface area contributed by atoms with Crippen LogP contribution in [0, 0.1) is 12.3 Å². The zero-order chi connectivity index (χ0) is 13.6. The van der Waals surface area contributed by atoms with Crippen LogP contribution in [0.5, 0.6) is 0 Å². The first-order chi connectivity index (χ1) is 9.02. The molecule has 0 N–H and O–H groups in total. The van der Waals surface area contributed by atoms with Gasteiger partial charge in [-0.3, -0.25) is 0 Å². The average Bonchev–Trinajstić information content (AvgIpc) is 2.90. The van der Waals surface area contributed by atoms with E-state index < -0.39 is 0 Å². The van der Waals surface area contributed by atoms with E-state index >= 15 is 0 Å². The van der Waals surface area contributed by atoms with Crippen LogP contribution >= 0.6 is 11.6 Å². The van der Waals surface area contributed by atoms with Gasteiger partial charge in [0.2, 0.25) is 0 Å². The zero-order valence-corrected chi connectivity index (χ0v) is 12.7. The molecule has 0 saturated heterocycles. The molecule has 0 aliphatic heterocycles. The second kappa shape index (κ2) is 4.52. The van der Waals surface area contributed by atoms with E-state index in [0.29, 0.717) is 17.3 Å². The lowest BCUT2D eigenvalue weighted by molar-refractivity contribution is 0.359. The van der Waals surface area contributed by atoms with Crippen molar-refractivity contribution in [2.75, 3.05) is 0 Å². The van der Waals surface area contributed by atoms with Crippen LogP contribution in [-0.4, -0.2) is 9.55 Å². The first-order valence-corrected chi connectivity index (χ1v) is 7.58. The van der Waals surface area contributed by atoms with Crippen LogP contribution in [-0.2, 0) is 5.88 Å². The van der Waals surface area contributed by atoms with Crippen molar-refractivity contribution < 1.29 is 0 Å². The van der Waals surface area contributed by atoms with Gasteiger partial charge in [-0.15, -0.1) is 11.6 Å². The molecule has 3 rings (SSSR count). The Morgan fingerprint density at radius 1 is 1.42 bits per heavy atom. The molecule has 0 radical (unpaired) electrons.